The third-order valence-electron chi connectivity index (χ3n) is 3.74. The second kappa shape index (κ2) is 9.90. The fraction of sp³-hybridized carbons (Fsp3) is 0.600. The molecule has 2 rings (SSSR count). The molecule has 0 radical (unpaired) electrons. The van der Waals surface area contributed by atoms with Gasteiger partial charge >= 0.3 is 6.18 Å². The molecule has 5 nitrogen and oxygen atoms in total. The monoisotopic (exact) mass is 457 g/mol. The van der Waals surface area contributed by atoms with Gasteiger partial charge in [-0.3, -0.25) is 4.99 Å². The third-order valence-corrected chi connectivity index (χ3v) is 3.74. The highest BCUT2D eigenvalue weighted by atomic mass is 127. The number of hydrogen-bond donors (Lipinski definition) is 3. The summed E-state index contributed by atoms with van der Waals surface area (Å²) in [5.41, 5.74) is -0.756. The van der Waals surface area contributed by atoms with Crippen LogP contribution in [0, 0.1) is 0 Å². The Morgan fingerprint density at radius 1 is 1.29 bits per heavy atom. The van der Waals surface area contributed by atoms with E-state index in [0.717, 1.165) is 18.9 Å². The van der Waals surface area contributed by atoms with Gasteiger partial charge in [0.25, 0.3) is 0 Å². The van der Waals surface area contributed by atoms with Crippen LogP contribution in [0.5, 0.6) is 0 Å². The summed E-state index contributed by atoms with van der Waals surface area (Å²) >= 11 is 0. The Morgan fingerprint density at radius 2 is 2.00 bits per heavy atom. The molecule has 24 heavy (non-hydrogen) atoms. The van der Waals surface area contributed by atoms with E-state index in [1.54, 1.807) is 7.05 Å². The smallest absolute Gasteiger partial charge is 0.368 e. The lowest BCUT2D eigenvalue weighted by molar-refractivity contribution is -0.137. The van der Waals surface area contributed by atoms with Crippen molar-refractivity contribution in [2.45, 2.75) is 37.9 Å². The van der Waals surface area contributed by atoms with Crippen LogP contribution in [0.15, 0.2) is 23.3 Å². The number of halogens is 4. The zero-order chi connectivity index (χ0) is 16.7. The molecule has 0 bridgehead atoms. The summed E-state index contributed by atoms with van der Waals surface area (Å²) in [5.74, 6) is 0.524. The highest BCUT2D eigenvalue weighted by Crippen LogP contribution is 2.33. The number of nitrogens with one attached hydrogen (secondary N) is 3. The molecule has 0 aliphatic heterocycles. The van der Waals surface area contributed by atoms with Crippen LogP contribution in [0.25, 0.3) is 0 Å². The molecule has 1 aromatic heterocycles. The van der Waals surface area contributed by atoms with Crippen molar-refractivity contribution in [2.24, 2.45) is 4.99 Å². The van der Waals surface area contributed by atoms with Crippen molar-refractivity contribution in [3.63, 3.8) is 0 Å². The van der Waals surface area contributed by atoms with Crippen LogP contribution in [0.2, 0.25) is 0 Å². The van der Waals surface area contributed by atoms with E-state index in [-0.39, 0.29) is 29.8 Å². The Hall–Kier alpha value is -1.26. The maximum atomic E-state index is 12.8. The molecular weight excluding hydrogens is 434 g/mol. The van der Waals surface area contributed by atoms with Gasteiger partial charge in [0.2, 0.25) is 0 Å². The van der Waals surface area contributed by atoms with Crippen molar-refractivity contribution < 1.29 is 13.2 Å². The second-order valence-electron chi connectivity index (χ2n) is 5.45. The van der Waals surface area contributed by atoms with Gasteiger partial charge < -0.3 is 16.0 Å². The van der Waals surface area contributed by atoms with Crippen LogP contribution >= 0.6 is 24.0 Å². The molecule has 9 heteroatoms. The molecule has 0 atom stereocenters. The maximum absolute atomic E-state index is 12.8. The number of aliphatic imine (C=N–C) groups is 1. The van der Waals surface area contributed by atoms with E-state index in [4.69, 9.17) is 0 Å². The number of pyridine rings is 1. The van der Waals surface area contributed by atoms with Crippen LogP contribution < -0.4 is 16.0 Å². The van der Waals surface area contributed by atoms with Gasteiger partial charge in [0.1, 0.15) is 5.82 Å². The Morgan fingerprint density at radius 3 is 2.62 bits per heavy atom. The highest BCUT2D eigenvalue weighted by molar-refractivity contribution is 14.0. The van der Waals surface area contributed by atoms with Crippen LogP contribution in [0.4, 0.5) is 19.0 Å². The van der Waals surface area contributed by atoms with Crippen molar-refractivity contribution in [1.82, 2.24) is 15.6 Å². The Bertz CT molecular complexity index is 530. The minimum atomic E-state index is -4.41. The summed E-state index contributed by atoms with van der Waals surface area (Å²) in [6.45, 7) is 0.756. The van der Waals surface area contributed by atoms with Crippen molar-refractivity contribution >= 4 is 35.8 Å². The lowest BCUT2D eigenvalue weighted by atomic mass is 10.2. The molecule has 1 aromatic rings. The van der Waals surface area contributed by atoms with Gasteiger partial charge in [-0.1, -0.05) is 12.8 Å². The summed E-state index contributed by atoms with van der Waals surface area (Å²) in [7, 11) is 1.68. The lowest BCUT2D eigenvalue weighted by Gasteiger charge is -2.17. The van der Waals surface area contributed by atoms with Crippen LogP contribution in [0.3, 0.4) is 0 Å². The topological polar surface area (TPSA) is 61.3 Å². The predicted molar refractivity (Wildman–Crippen MR) is 99.9 cm³/mol. The van der Waals surface area contributed by atoms with Gasteiger partial charge in [-0.15, -0.1) is 24.0 Å². The van der Waals surface area contributed by atoms with Gasteiger partial charge in [0.05, 0.1) is 5.56 Å². The molecular formula is C15H23F3IN5. The molecule has 1 fully saturated rings. The highest BCUT2D eigenvalue weighted by Gasteiger charge is 2.33. The van der Waals surface area contributed by atoms with Gasteiger partial charge in [-0.25, -0.2) is 4.98 Å². The third kappa shape index (κ3) is 6.33. The van der Waals surface area contributed by atoms with Crippen molar-refractivity contribution in [3.05, 3.63) is 23.9 Å². The summed E-state index contributed by atoms with van der Waals surface area (Å²) in [6, 6.07) is 2.73. The number of nitrogens with zero attached hydrogens (tertiary/aromatic N) is 2. The van der Waals surface area contributed by atoms with E-state index < -0.39 is 11.7 Å². The Kier molecular flexibility index (Phi) is 8.57. The van der Waals surface area contributed by atoms with Crippen LogP contribution in [0.1, 0.15) is 31.2 Å². The minimum absolute atomic E-state index is 0. The molecule has 1 aliphatic rings. The van der Waals surface area contributed by atoms with Gasteiger partial charge in [0.15, 0.2) is 5.96 Å². The number of anilines is 1. The van der Waals surface area contributed by atoms with E-state index in [2.05, 4.69) is 25.9 Å². The molecule has 136 valence electrons. The molecule has 0 saturated heterocycles. The average molecular weight is 457 g/mol. The number of guanidine groups is 1. The minimum Gasteiger partial charge on any atom is -0.368 e. The zero-order valence-corrected chi connectivity index (χ0v) is 15.8. The van der Waals surface area contributed by atoms with E-state index in [1.807, 2.05) is 0 Å². The van der Waals surface area contributed by atoms with Crippen molar-refractivity contribution in [3.8, 4) is 0 Å². The summed E-state index contributed by atoms with van der Waals surface area (Å²) in [5, 5.41) is 9.12. The second-order valence-corrected chi connectivity index (χ2v) is 5.45. The Labute approximate surface area is 156 Å². The van der Waals surface area contributed by atoms with Gasteiger partial charge in [0, 0.05) is 32.4 Å². The lowest BCUT2D eigenvalue weighted by Crippen LogP contribution is -2.43. The summed E-state index contributed by atoms with van der Waals surface area (Å²) in [6.07, 6.45) is 1.62. The molecule has 0 aromatic carbocycles. The molecule has 0 spiro atoms. The quantitative estimate of drug-likeness (QED) is 0.275. The van der Waals surface area contributed by atoms with Gasteiger partial charge in [-0.05, 0) is 25.0 Å². The first-order valence-electron chi connectivity index (χ1n) is 7.74. The number of hydrogen-bond acceptors (Lipinski definition) is 3. The van der Waals surface area contributed by atoms with E-state index in [9.17, 15) is 13.2 Å². The first-order chi connectivity index (χ1) is 11.0. The molecule has 1 saturated carbocycles. The number of rotatable bonds is 5. The zero-order valence-electron chi connectivity index (χ0n) is 13.5. The molecule has 1 aliphatic carbocycles. The average Bonchev–Trinajstić information content (AvgIpc) is 3.02. The van der Waals surface area contributed by atoms with Crippen molar-refractivity contribution in [1.29, 1.82) is 0 Å². The SMILES string of the molecule is CN=C(NCCNc1ncccc1C(F)(F)F)NC1CCCC1.I. The standard InChI is InChI=1S/C15H22F3N5.HI/c1-19-14(23-11-5-2-3-6-11)22-10-9-21-13-12(15(16,17)18)7-4-8-20-13;/h4,7-8,11H,2-3,5-6,9-10H2,1H3,(H,20,21)(H2,19,22,23);1H. The number of aromatic nitrogens is 1. The van der Waals surface area contributed by atoms with Crippen LogP contribution in [-0.4, -0.2) is 37.1 Å². The largest absolute Gasteiger partial charge is 0.419 e. The van der Waals surface area contributed by atoms with Crippen molar-refractivity contribution in [2.75, 3.05) is 25.5 Å². The Balaban J connectivity index is 0.00000288. The first-order valence-corrected chi connectivity index (χ1v) is 7.74. The number of alkyl halides is 3. The van der Waals surface area contributed by atoms with Crippen LogP contribution in [-0.2, 0) is 6.18 Å². The molecule has 1 heterocycles. The first kappa shape index (κ1) is 20.8. The molecule has 0 amide bonds. The molecule has 0 unspecified atom stereocenters. The maximum Gasteiger partial charge on any atom is 0.419 e. The predicted octanol–water partition coefficient (Wildman–Crippen LogP) is 3.24. The van der Waals surface area contributed by atoms with Gasteiger partial charge in [-0.2, -0.15) is 13.2 Å². The normalized spacial score (nSPS) is 15.8. The van der Waals surface area contributed by atoms with E-state index in [0.29, 0.717) is 25.1 Å². The summed E-state index contributed by atoms with van der Waals surface area (Å²) < 4.78 is 38.5. The van der Waals surface area contributed by atoms with E-state index in [1.165, 1.54) is 25.1 Å². The fourth-order valence-electron chi connectivity index (χ4n) is 2.59. The fourth-order valence-corrected chi connectivity index (χ4v) is 2.59. The summed E-state index contributed by atoms with van der Waals surface area (Å²) in [4.78, 5) is 7.88. The van der Waals surface area contributed by atoms with E-state index >= 15 is 0 Å². The molecule has 3 N–H and O–H groups in total.